The Morgan fingerprint density at radius 2 is 2.31 bits per heavy atom. The molecule has 16 heavy (non-hydrogen) atoms. The van der Waals surface area contributed by atoms with E-state index in [4.69, 9.17) is 11.0 Å². The number of hydrogen-bond acceptors (Lipinski definition) is 5. The molecule has 0 unspecified atom stereocenters. The van der Waals surface area contributed by atoms with Gasteiger partial charge in [-0.15, -0.1) is 0 Å². The van der Waals surface area contributed by atoms with E-state index in [1.807, 2.05) is 13.8 Å². The maximum Gasteiger partial charge on any atom is 0.213 e. The van der Waals surface area contributed by atoms with Crippen LogP contribution >= 0.6 is 0 Å². The lowest BCUT2D eigenvalue weighted by atomic mass is 10.2. The molecule has 0 atom stereocenters. The molecule has 2 heterocycles. The number of anilines is 1. The fourth-order valence-electron chi connectivity index (χ4n) is 1.64. The lowest BCUT2D eigenvalue weighted by Crippen LogP contribution is -2.07. The standard InChI is InChI=1S/C10H11N5O/c1-6-7(2)15(10(12)8(6)3-11)4-9-13-5-16-14-9/h5H,4,12H2,1-2H3. The first-order valence-electron chi connectivity index (χ1n) is 4.75. The van der Waals surface area contributed by atoms with Gasteiger partial charge in [0.25, 0.3) is 0 Å². The number of nitrogens with two attached hydrogens (primary N) is 1. The molecular weight excluding hydrogens is 206 g/mol. The van der Waals surface area contributed by atoms with Crippen LogP contribution in [-0.2, 0) is 6.54 Å². The van der Waals surface area contributed by atoms with Crippen LogP contribution in [0.25, 0.3) is 0 Å². The molecule has 6 nitrogen and oxygen atoms in total. The van der Waals surface area contributed by atoms with Crippen LogP contribution in [0.3, 0.4) is 0 Å². The van der Waals surface area contributed by atoms with E-state index in [0.717, 1.165) is 11.3 Å². The number of rotatable bonds is 2. The molecular formula is C10H11N5O. The second-order valence-electron chi connectivity index (χ2n) is 3.52. The van der Waals surface area contributed by atoms with Gasteiger partial charge >= 0.3 is 0 Å². The summed E-state index contributed by atoms with van der Waals surface area (Å²) in [5.41, 5.74) is 8.24. The predicted molar refractivity (Wildman–Crippen MR) is 56.4 cm³/mol. The highest BCUT2D eigenvalue weighted by molar-refractivity contribution is 5.57. The molecule has 0 aliphatic carbocycles. The molecule has 0 fully saturated rings. The highest BCUT2D eigenvalue weighted by Gasteiger charge is 2.16. The van der Waals surface area contributed by atoms with Gasteiger partial charge in [-0.2, -0.15) is 10.2 Å². The minimum absolute atomic E-state index is 0.413. The maximum absolute atomic E-state index is 8.97. The number of nitrogens with zero attached hydrogens (tertiary/aromatic N) is 4. The van der Waals surface area contributed by atoms with E-state index in [1.165, 1.54) is 6.39 Å². The highest BCUT2D eigenvalue weighted by atomic mass is 16.5. The van der Waals surface area contributed by atoms with Crippen molar-refractivity contribution in [2.24, 2.45) is 0 Å². The van der Waals surface area contributed by atoms with Gasteiger partial charge in [-0.1, -0.05) is 5.16 Å². The molecule has 2 aromatic rings. The molecule has 0 amide bonds. The Kier molecular flexibility index (Phi) is 2.37. The zero-order valence-electron chi connectivity index (χ0n) is 9.06. The molecule has 0 aromatic carbocycles. The molecule has 0 saturated heterocycles. The van der Waals surface area contributed by atoms with E-state index >= 15 is 0 Å². The van der Waals surface area contributed by atoms with Crippen molar-refractivity contribution in [3.63, 3.8) is 0 Å². The zero-order valence-corrected chi connectivity index (χ0v) is 9.06. The molecule has 0 spiro atoms. The normalized spacial score (nSPS) is 10.3. The quantitative estimate of drug-likeness (QED) is 0.809. The van der Waals surface area contributed by atoms with Crippen molar-refractivity contribution in [1.82, 2.24) is 14.7 Å². The van der Waals surface area contributed by atoms with Gasteiger partial charge in [0.15, 0.2) is 5.82 Å². The minimum Gasteiger partial charge on any atom is -0.384 e. The predicted octanol–water partition coefficient (Wildman–Crippen LogP) is 0.990. The largest absolute Gasteiger partial charge is 0.384 e. The van der Waals surface area contributed by atoms with Gasteiger partial charge in [-0.25, -0.2) is 0 Å². The molecule has 0 saturated carbocycles. The van der Waals surface area contributed by atoms with Crippen LogP contribution in [-0.4, -0.2) is 14.7 Å². The van der Waals surface area contributed by atoms with Gasteiger partial charge in [0.1, 0.15) is 11.9 Å². The lowest BCUT2D eigenvalue weighted by Gasteiger charge is -2.05. The van der Waals surface area contributed by atoms with Gasteiger partial charge in [0.2, 0.25) is 6.39 Å². The van der Waals surface area contributed by atoms with E-state index < -0.39 is 0 Å². The average molecular weight is 217 g/mol. The summed E-state index contributed by atoms with van der Waals surface area (Å²) < 4.78 is 6.45. The lowest BCUT2D eigenvalue weighted by molar-refractivity contribution is 0.408. The van der Waals surface area contributed by atoms with Crippen molar-refractivity contribution in [3.05, 3.63) is 29.0 Å². The fraction of sp³-hybridized carbons (Fsp3) is 0.300. The Hall–Kier alpha value is -2.29. The summed E-state index contributed by atoms with van der Waals surface area (Å²) in [5.74, 6) is 0.983. The monoisotopic (exact) mass is 217 g/mol. The van der Waals surface area contributed by atoms with Crippen molar-refractivity contribution < 1.29 is 4.52 Å². The first-order chi connectivity index (χ1) is 7.65. The molecule has 0 aliphatic heterocycles. The Morgan fingerprint density at radius 1 is 1.56 bits per heavy atom. The summed E-state index contributed by atoms with van der Waals surface area (Å²) in [6.45, 7) is 4.19. The summed E-state index contributed by atoms with van der Waals surface area (Å²) in [6.07, 6.45) is 1.27. The smallest absolute Gasteiger partial charge is 0.213 e. The van der Waals surface area contributed by atoms with Crippen LogP contribution in [0.4, 0.5) is 5.82 Å². The summed E-state index contributed by atoms with van der Waals surface area (Å²) in [4.78, 5) is 3.92. The average Bonchev–Trinajstić information content (AvgIpc) is 2.83. The van der Waals surface area contributed by atoms with Crippen LogP contribution in [0.15, 0.2) is 10.9 Å². The van der Waals surface area contributed by atoms with Crippen molar-refractivity contribution in [1.29, 1.82) is 5.26 Å². The second kappa shape index (κ2) is 3.70. The van der Waals surface area contributed by atoms with Gasteiger partial charge in [-0.3, -0.25) is 0 Å². The maximum atomic E-state index is 8.97. The van der Waals surface area contributed by atoms with Gasteiger partial charge in [0, 0.05) is 5.69 Å². The second-order valence-corrected chi connectivity index (χ2v) is 3.52. The molecule has 82 valence electrons. The van der Waals surface area contributed by atoms with E-state index in [0.29, 0.717) is 23.8 Å². The van der Waals surface area contributed by atoms with Crippen LogP contribution in [0, 0.1) is 25.2 Å². The summed E-state index contributed by atoms with van der Waals surface area (Å²) in [7, 11) is 0. The van der Waals surface area contributed by atoms with Crippen molar-refractivity contribution in [3.8, 4) is 6.07 Å². The van der Waals surface area contributed by atoms with E-state index in [9.17, 15) is 0 Å². The molecule has 0 radical (unpaired) electrons. The molecule has 2 N–H and O–H groups in total. The third-order valence-corrected chi connectivity index (χ3v) is 2.69. The molecule has 0 bridgehead atoms. The zero-order chi connectivity index (χ0) is 11.7. The Labute approximate surface area is 92.3 Å². The Balaban J connectivity index is 2.46. The van der Waals surface area contributed by atoms with Crippen molar-refractivity contribution >= 4 is 5.82 Å². The molecule has 0 aliphatic rings. The van der Waals surface area contributed by atoms with Crippen LogP contribution in [0.5, 0.6) is 0 Å². The Bertz CT molecular complexity index is 547. The summed E-state index contributed by atoms with van der Waals surface area (Å²) >= 11 is 0. The third kappa shape index (κ3) is 1.42. The first-order valence-corrected chi connectivity index (χ1v) is 4.75. The third-order valence-electron chi connectivity index (χ3n) is 2.69. The van der Waals surface area contributed by atoms with Crippen LogP contribution in [0.2, 0.25) is 0 Å². The molecule has 2 aromatic heterocycles. The van der Waals surface area contributed by atoms with E-state index in [2.05, 4.69) is 20.7 Å². The van der Waals surface area contributed by atoms with E-state index in [-0.39, 0.29) is 0 Å². The minimum atomic E-state index is 0.413. The van der Waals surface area contributed by atoms with E-state index in [1.54, 1.807) is 4.57 Å². The highest BCUT2D eigenvalue weighted by Crippen LogP contribution is 2.23. The fourth-order valence-corrected chi connectivity index (χ4v) is 1.64. The number of nitrogen functional groups attached to an aromatic ring is 1. The number of nitriles is 1. The number of hydrogen-bond donors (Lipinski definition) is 1. The molecule has 2 rings (SSSR count). The van der Waals surface area contributed by atoms with Crippen molar-refractivity contribution in [2.75, 3.05) is 5.73 Å². The number of aromatic nitrogens is 3. The van der Waals surface area contributed by atoms with Gasteiger partial charge in [0.05, 0.1) is 12.1 Å². The molecule has 6 heteroatoms. The SMILES string of the molecule is Cc1c(C#N)c(N)n(Cc2ncon2)c1C. The first kappa shape index (κ1) is 10.2. The Morgan fingerprint density at radius 3 is 2.81 bits per heavy atom. The van der Waals surface area contributed by atoms with Gasteiger partial charge in [-0.05, 0) is 19.4 Å². The van der Waals surface area contributed by atoms with Crippen LogP contribution < -0.4 is 5.73 Å². The summed E-state index contributed by atoms with van der Waals surface area (Å²) in [6, 6.07) is 2.09. The van der Waals surface area contributed by atoms with Crippen LogP contribution in [0.1, 0.15) is 22.6 Å². The van der Waals surface area contributed by atoms with Crippen molar-refractivity contribution in [2.45, 2.75) is 20.4 Å². The topological polar surface area (TPSA) is 93.7 Å². The summed E-state index contributed by atoms with van der Waals surface area (Å²) in [5, 5.41) is 12.7. The van der Waals surface area contributed by atoms with Gasteiger partial charge < -0.3 is 14.8 Å².